The number of hydrogen-bond acceptors (Lipinski definition) is 3. The molecule has 0 atom stereocenters. The molecule has 2 N–H and O–H groups in total. The molecule has 0 aliphatic rings. The van der Waals surface area contributed by atoms with Crippen LogP contribution in [-0.2, 0) is 0 Å². The van der Waals surface area contributed by atoms with Gasteiger partial charge in [0.05, 0.1) is 11.8 Å². The molecule has 0 unspecified atom stereocenters. The summed E-state index contributed by atoms with van der Waals surface area (Å²) in [5, 5.41) is 15.0. The largest absolute Gasteiger partial charge is 0.478 e. The molecule has 0 aliphatic carbocycles. The van der Waals surface area contributed by atoms with Crippen LogP contribution >= 0.6 is 0 Å². The fourth-order valence-electron chi connectivity index (χ4n) is 0.541. The standard InChI is InChI=1S/C6H5NO3/c7-2-5-1-4(3-10-5)6(8)9/h1-3,7H,(H,8,9). The maximum Gasteiger partial charge on any atom is 0.338 e. The Balaban J connectivity index is 2.98. The van der Waals surface area contributed by atoms with Gasteiger partial charge >= 0.3 is 5.97 Å². The predicted octanol–water partition coefficient (Wildman–Crippen LogP) is 0.975. The summed E-state index contributed by atoms with van der Waals surface area (Å²) in [7, 11) is 0. The van der Waals surface area contributed by atoms with Gasteiger partial charge in [-0.2, -0.15) is 0 Å². The molecule has 0 saturated carbocycles. The third-order valence-electron chi connectivity index (χ3n) is 1.01. The zero-order chi connectivity index (χ0) is 7.56. The number of carboxylic acid groups (broad SMARTS) is 1. The van der Waals surface area contributed by atoms with Crippen molar-refractivity contribution < 1.29 is 14.3 Å². The molecule has 0 amide bonds. The van der Waals surface area contributed by atoms with Gasteiger partial charge < -0.3 is 14.9 Å². The van der Waals surface area contributed by atoms with Gasteiger partial charge in [0.15, 0.2) is 0 Å². The summed E-state index contributed by atoms with van der Waals surface area (Å²) >= 11 is 0. The average Bonchev–Trinajstić information content (AvgIpc) is 2.34. The van der Waals surface area contributed by atoms with Crippen LogP contribution in [0, 0.1) is 5.41 Å². The highest BCUT2D eigenvalue weighted by Gasteiger charge is 2.05. The van der Waals surface area contributed by atoms with Crippen molar-refractivity contribution in [3.05, 3.63) is 23.7 Å². The van der Waals surface area contributed by atoms with Crippen molar-refractivity contribution in [1.29, 1.82) is 5.41 Å². The van der Waals surface area contributed by atoms with Crippen LogP contribution < -0.4 is 0 Å². The number of furan rings is 1. The van der Waals surface area contributed by atoms with Gasteiger partial charge in [0.2, 0.25) is 0 Å². The topological polar surface area (TPSA) is 74.3 Å². The average molecular weight is 139 g/mol. The normalized spacial score (nSPS) is 9.20. The first-order valence-electron chi connectivity index (χ1n) is 2.56. The quantitative estimate of drug-likeness (QED) is 0.599. The van der Waals surface area contributed by atoms with Crippen LogP contribution in [0.3, 0.4) is 0 Å². The predicted molar refractivity (Wildman–Crippen MR) is 33.6 cm³/mol. The van der Waals surface area contributed by atoms with Gasteiger partial charge in [-0.25, -0.2) is 4.79 Å². The Bertz CT molecular complexity index is 264. The van der Waals surface area contributed by atoms with Crippen LogP contribution in [0.1, 0.15) is 16.1 Å². The van der Waals surface area contributed by atoms with E-state index in [0.29, 0.717) is 0 Å². The van der Waals surface area contributed by atoms with Crippen LogP contribution in [-0.4, -0.2) is 17.3 Å². The third-order valence-corrected chi connectivity index (χ3v) is 1.01. The highest BCUT2D eigenvalue weighted by Crippen LogP contribution is 2.04. The fraction of sp³-hybridized carbons (Fsp3) is 0. The second kappa shape index (κ2) is 2.34. The van der Waals surface area contributed by atoms with Crippen LogP contribution in [0.5, 0.6) is 0 Å². The molecule has 10 heavy (non-hydrogen) atoms. The van der Waals surface area contributed by atoms with Gasteiger partial charge in [-0.3, -0.25) is 0 Å². The first kappa shape index (κ1) is 6.54. The van der Waals surface area contributed by atoms with E-state index in [4.69, 9.17) is 10.5 Å². The zero-order valence-corrected chi connectivity index (χ0v) is 5.00. The van der Waals surface area contributed by atoms with E-state index in [1.165, 1.54) is 6.07 Å². The Labute approximate surface area is 56.6 Å². The Morgan fingerprint density at radius 1 is 1.80 bits per heavy atom. The van der Waals surface area contributed by atoms with E-state index in [-0.39, 0.29) is 11.3 Å². The Hall–Kier alpha value is -1.58. The zero-order valence-electron chi connectivity index (χ0n) is 5.00. The number of aromatic carboxylic acids is 1. The SMILES string of the molecule is N=Cc1cc(C(=O)O)co1. The lowest BCUT2D eigenvalue weighted by Gasteiger charge is -1.77. The summed E-state index contributed by atoms with van der Waals surface area (Å²) in [5.74, 6) is -0.797. The molecule has 0 bridgehead atoms. The van der Waals surface area contributed by atoms with Gasteiger partial charge in [-0.05, 0) is 6.07 Å². The summed E-state index contributed by atoms with van der Waals surface area (Å²) in [6.07, 6.45) is 2.05. The first-order valence-corrected chi connectivity index (χ1v) is 2.56. The van der Waals surface area contributed by atoms with Gasteiger partial charge in [-0.15, -0.1) is 0 Å². The third kappa shape index (κ3) is 1.05. The molecule has 1 aromatic rings. The maximum atomic E-state index is 10.2. The van der Waals surface area contributed by atoms with E-state index in [1.807, 2.05) is 0 Å². The summed E-state index contributed by atoms with van der Waals surface area (Å²) in [4.78, 5) is 10.2. The Kier molecular flexibility index (Phi) is 1.53. The van der Waals surface area contributed by atoms with E-state index in [0.717, 1.165) is 12.5 Å². The lowest BCUT2D eigenvalue weighted by atomic mass is 10.3. The van der Waals surface area contributed by atoms with Crippen LogP contribution in [0.2, 0.25) is 0 Å². The van der Waals surface area contributed by atoms with Gasteiger partial charge in [0, 0.05) is 0 Å². The summed E-state index contributed by atoms with van der Waals surface area (Å²) in [5.41, 5.74) is 0.0681. The highest BCUT2D eigenvalue weighted by atomic mass is 16.4. The van der Waals surface area contributed by atoms with Crippen molar-refractivity contribution in [2.24, 2.45) is 0 Å². The van der Waals surface area contributed by atoms with E-state index >= 15 is 0 Å². The fourth-order valence-corrected chi connectivity index (χ4v) is 0.541. The summed E-state index contributed by atoms with van der Waals surface area (Å²) in [6.45, 7) is 0. The van der Waals surface area contributed by atoms with Crippen molar-refractivity contribution in [3.8, 4) is 0 Å². The molecule has 1 rings (SSSR count). The van der Waals surface area contributed by atoms with Gasteiger partial charge in [0.1, 0.15) is 12.0 Å². The van der Waals surface area contributed by atoms with E-state index in [1.54, 1.807) is 0 Å². The second-order valence-corrected chi connectivity index (χ2v) is 1.69. The molecule has 0 aliphatic heterocycles. The molecule has 0 fully saturated rings. The molecule has 0 spiro atoms. The number of carboxylic acids is 1. The molecule has 4 heteroatoms. The van der Waals surface area contributed by atoms with E-state index in [2.05, 4.69) is 4.42 Å². The minimum atomic E-state index is -1.04. The number of nitrogens with one attached hydrogen (secondary N) is 1. The highest BCUT2D eigenvalue weighted by molar-refractivity contribution is 5.89. The second-order valence-electron chi connectivity index (χ2n) is 1.69. The Morgan fingerprint density at radius 2 is 2.50 bits per heavy atom. The van der Waals surface area contributed by atoms with Gasteiger partial charge in [0.25, 0.3) is 0 Å². The van der Waals surface area contributed by atoms with Crippen molar-refractivity contribution in [2.75, 3.05) is 0 Å². The lowest BCUT2D eigenvalue weighted by molar-refractivity contribution is 0.0696. The molecule has 4 nitrogen and oxygen atoms in total. The maximum absolute atomic E-state index is 10.2. The molecule has 1 aromatic heterocycles. The number of hydrogen-bond donors (Lipinski definition) is 2. The molecule has 0 aromatic carbocycles. The van der Waals surface area contributed by atoms with E-state index in [9.17, 15) is 4.79 Å². The minimum absolute atomic E-state index is 0.0681. The van der Waals surface area contributed by atoms with Crippen molar-refractivity contribution in [3.63, 3.8) is 0 Å². The Morgan fingerprint density at radius 3 is 2.80 bits per heavy atom. The number of rotatable bonds is 2. The lowest BCUT2D eigenvalue weighted by Crippen LogP contribution is -1.91. The molecule has 52 valence electrons. The van der Waals surface area contributed by atoms with Gasteiger partial charge in [-0.1, -0.05) is 0 Å². The molecule has 1 heterocycles. The van der Waals surface area contributed by atoms with Crippen LogP contribution in [0.15, 0.2) is 16.7 Å². The molecule has 0 radical (unpaired) electrons. The van der Waals surface area contributed by atoms with Crippen LogP contribution in [0.4, 0.5) is 0 Å². The monoisotopic (exact) mass is 139 g/mol. The smallest absolute Gasteiger partial charge is 0.338 e. The molecular formula is C6H5NO3. The number of carbonyl (C=O) groups is 1. The summed E-state index contributed by atoms with van der Waals surface area (Å²) in [6, 6.07) is 1.29. The first-order chi connectivity index (χ1) is 4.74. The van der Waals surface area contributed by atoms with Crippen LogP contribution in [0.25, 0.3) is 0 Å². The molecular weight excluding hydrogens is 134 g/mol. The van der Waals surface area contributed by atoms with E-state index < -0.39 is 5.97 Å². The van der Waals surface area contributed by atoms with Crippen molar-refractivity contribution >= 4 is 12.2 Å². The van der Waals surface area contributed by atoms with Crippen molar-refractivity contribution in [1.82, 2.24) is 0 Å². The molecule has 0 saturated heterocycles. The van der Waals surface area contributed by atoms with Crippen molar-refractivity contribution in [2.45, 2.75) is 0 Å². The minimum Gasteiger partial charge on any atom is -0.478 e. The summed E-state index contributed by atoms with van der Waals surface area (Å²) < 4.78 is 4.65.